The second-order valence-corrected chi connectivity index (χ2v) is 4.01. The Morgan fingerprint density at radius 3 is 2.23 bits per heavy atom. The van der Waals surface area contributed by atoms with Gasteiger partial charge in [-0.2, -0.15) is 0 Å². The molecule has 1 N–H and O–H groups in total. The van der Waals surface area contributed by atoms with Gasteiger partial charge in [-0.15, -0.1) is 0 Å². The molecule has 0 aliphatic heterocycles. The third-order valence-corrected chi connectivity index (χ3v) is 1.86. The fraction of sp³-hybridized carbons (Fsp3) is 0.900. The molecule has 0 rings (SSSR count). The molecule has 0 saturated heterocycles. The van der Waals surface area contributed by atoms with Crippen molar-refractivity contribution >= 4 is 5.97 Å². The van der Waals surface area contributed by atoms with Crippen LogP contribution < -0.4 is 0 Å². The molecule has 3 heteroatoms. The lowest BCUT2D eigenvalue weighted by Gasteiger charge is -2.16. The Morgan fingerprint density at radius 2 is 1.85 bits per heavy atom. The number of carboxylic acids is 1. The molecule has 13 heavy (non-hydrogen) atoms. The summed E-state index contributed by atoms with van der Waals surface area (Å²) in [5, 5.41) is 8.60. The zero-order valence-electron chi connectivity index (χ0n) is 8.91. The van der Waals surface area contributed by atoms with Gasteiger partial charge in [0.25, 0.3) is 0 Å². The highest BCUT2D eigenvalue weighted by molar-refractivity contribution is 5.69. The molecule has 0 fully saturated rings. The summed E-state index contributed by atoms with van der Waals surface area (Å²) in [7, 11) is 0. The van der Waals surface area contributed by atoms with Crippen molar-refractivity contribution in [2.45, 2.75) is 40.2 Å². The predicted octanol–water partition coefficient (Wildman–Crippen LogP) is 2.16. The van der Waals surface area contributed by atoms with E-state index in [0.29, 0.717) is 12.5 Å². The summed E-state index contributed by atoms with van der Waals surface area (Å²) < 4.78 is 5.40. The number of hydrogen-bond donors (Lipinski definition) is 1. The third kappa shape index (κ3) is 6.58. The average molecular weight is 188 g/mol. The van der Waals surface area contributed by atoms with Crippen molar-refractivity contribution in [1.82, 2.24) is 0 Å². The maximum atomic E-state index is 10.5. The van der Waals surface area contributed by atoms with E-state index in [-0.39, 0.29) is 6.10 Å². The van der Waals surface area contributed by atoms with E-state index in [2.05, 4.69) is 13.8 Å². The quantitative estimate of drug-likeness (QED) is 0.694. The summed E-state index contributed by atoms with van der Waals surface area (Å²) in [5.74, 6) is -0.610. The molecular formula is C10H20O3. The van der Waals surface area contributed by atoms with Gasteiger partial charge in [0.05, 0.1) is 18.6 Å². The molecule has 78 valence electrons. The molecule has 0 heterocycles. The van der Waals surface area contributed by atoms with Gasteiger partial charge in [-0.05, 0) is 26.2 Å². The Kier molecular flexibility index (Phi) is 5.71. The normalized spacial score (nSPS) is 15.8. The van der Waals surface area contributed by atoms with Crippen LogP contribution in [0.15, 0.2) is 0 Å². The van der Waals surface area contributed by atoms with Crippen molar-refractivity contribution < 1.29 is 14.6 Å². The smallest absolute Gasteiger partial charge is 0.308 e. The van der Waals surface area contributed by atoms with E-state index >= 15 is 0 Å². The highest BCUT2D eigenvalue weighted by atomic mass is 16.5. The molecule has 2 atom stereocenters. The Hall–Kier alpha value is -0.570. The van der Waals surface area contributed by atoms with E-state index in [0.717, 1.165) is 6.42 Å². The molecule has 0 aromatic rings. The van der Waals surface area contributed by atoms with Crippen LogP contribution in [0.4, 0.5) is 0 Å². The summed E-state index contributed by atoms with van der Waals surface area (Å²) >= 11 is 0. The molecule has 0 aromatic carbocycles. The summed E-state index contributed by atoms with van der Waals surface area (Å²) in [4.78, 5) is 10.5. The minimum atomic E-state index is -0.795. The maximum Gasteiger partial charge on any atom is 0.308 e. The van der Waals surface area contributed by atoms with Gasteiger partial charge in [0.1, 0.15) is 0 Å². The van der Waals surface area contributed by atoms with Gasteiger partial charge in [-0.3, -0.25) is 4.79 Å². The first-order chi connectivity index (χ1) is 5.93. The summed E-state index contributed by atoms with van der Waals surface area (Å²) in [6.07, 6.45) is 1.13. The van der Waals surface area contributed by atoms with E-state index in [1.165, 1.54) is 0 Å². The van der Waals surface area contributed by atoms with Crippen molar-refractivity contribution in [3.8, 4) is 0 Å². The van der Waals surface area contributed by atoms with Crippen LogP contribution in [-0.4, -0.2) is 23.8 Å². The molecule has 0 aliphatic rings. The monoisotopic (exact) mass is 188 g/mol. The Morgan fingerprint density at radius 1 is 1.31 bits per heavy atom. The highest BCUT2D eigenvalue weighted by Crippen LogP contribution is 2.09. The van der Waals surface area contributed by atoms with Gasteiger partial charge in [-0.1, -0.05) is 13.8 Å². The number of carboxylic acid groups (broad SMARTS) is 1. The maximum absolute atomic E-state index is 10.5. The first-order valence-corrected chi connectivity index (χ1v) is 4.77. The van der Waals surface area contributed by atoms with Gasteiger partial charge < -0.3 is 9.84 Å². The molecule has 0 spiro atoms. The first kappa shape index (κ1) is 12.4. The van der Waals surface area contributed by atoms with Crippen molar-refractivity contribution in [3.05, 3.63) is 0 Å². The molecule has 0 aromatic heterocycles. The first-order valence-electron chi connectivity index (χ1n) is 4.77. The van der Waals surface area contributed by atoms with E-state index in [1.54, 1.807) is 6.92 Å². The SMILES string of the molecule is CC(C)CC(C)OCC(C)C(=O)O. The molecule has 0 amide bonds. The van der Waals surface area contributed by atoms with Crippen LogP contribution in [0.2, 0.25) is 0 Å². The second kappa shape index (κ2) is 5.97. The summed E-state index contributed by atoms with van der Waals surface area (Å²) in [6, 6.07) is 0. The molecular weight excluding hydrogens is 168 g/mol. The van der Waals surface area contributed by atoms with Crippen LogP contribution in [-0.2, 0) is 9.53 Å². The molecule has 0 radical (unpaired) electrons. The molecule has 3 nitrogen and oxygen atoms in total. The highest BCUT2D eigenvalue weighted by Gasteiger charge is 2.13. The van der Waals surface area contributed by atoms with Crippen LogP contribution in [0, 0.1) is 11.8 Å². The Bertz CT molecular complexity index is 154. The van der Waals surface area contributed by atoms with Crippen LogP contribution in [0.3, 0.4) is 0 Å². The Balaban J connectivity index is 3.57. The minimum absolute atomic E-state index is 0.154. The van der Waals surface area contributed by atoms with Crippen LogP contribution in [0.1, 0.15) is 34.1 Å². The zero-order chi connectivity index (χ0) is 10.4. The number of carbonyl (C=O) groups is 1. The molecule has 0 saturated carbocycles. The molecule has 2 unspecified atom stereocenters. The number of ether oxygens (including phenoxy) is 1. The number of hydrogen-bond acceptors (Lipinski definition) is 2. The predicted molar refractivity (Wildman–Crippen MR) is 51.7 cm³/mol. The van der Waals surface area contributed by atoms with E-state index in [9.17, 15) is 4.79 Å². The van der Waals surface area contributed by atoms with Crippen LogP contribution in [0.5, 0.6) is 0 Å². The standard InChI is InChI=1S/C10H20O3/c1-7(2)5-9(4)13-6-8(3)10(11)12/h7-9H,5-6H2,1-4H3,(H,11,12). The lowest BCUT2D eigenvalue weighted by molar-refractivity contribution is -0.143. The fourth-order valence-electron chi connectivity index (χ4n) is 1.11. The van der Waals surface area contributed by atoms with E-state index in [4.69, 9.17) is 9.84 Å². The van der Waals surface area contributed by atoms with Crippen molar-refractivity contribution in [3.63, 3.8) is 0 Å². The number of rotatable bonds is 6. The van der Waals surface area contributed by atoms with Crippen molar-refractivity contribution in [2.24, 2.45) is 11.8 Å². The topological polar surface area (TPSA) is 46.5 Å². The van der Waals surface area contributed by atoms with Gasteiger partial charge in [0.15, 0.2) is 0 Å². The zero-order valence-corrected chi connectivity index (χ0v) is 8.91. The summed E-state index contributed by atoms with van der Waals surface area (Å²) in [6.45, 7) is 8.20. The van der Waals surface area contributed by atoms with Crippen LogP contribution >= 0.6 is 0 Å². The van der Waals surface area contributed by atoms with Gasteiger partial charge >= 0.3 is 5.97 Å². The lowest BCUT2D eigenvalue weighted by atomic mass is 10.1. The largest absolute Gasteiger partial charge is 0.481 e. The van der Waals surface area contributed by atoms with Gasteiger partial charge in [0, 0.05) is 0 Å². The fourth-order valence-corrected chi connectivity index (χ4v) is 1.11. The average Bonchev–Trinajstić information content (AvgIpc) is 1.98. The molecule has 0 bridgehead atoms. The van der Waals surface area contributed by atoms with Gasteiger partial charge in [0.2, 0.25) is 0 Å². The summed E-state index contributed by atoms with van der Waals surface area (Å²) in [5.41, 5.74) is 0. The Labute approximate surface area is 80.1 Å². The van der Waals surface area contributed by atoms with E-state index < -0.39 is 11.9 Å². The van der Waals surface area contributed by atoms with Crippen LogP contribution in [0.25, 0.3) is 0 Å². The third-order valence-electron chi connectivity index (χ3n) is 1.86. The number of aliphatic carboxylic acids is 1. The lowest BCUT2D eigenvalue weighted by Crippen LogP contribution is -2.21. The van der Waals surface area contributed by atoms with Crippen molar-refractivity contribution in [2.75, 3.05) is 6.61 Å². The molecule has 0 aliphatic carbocycles. The van der Waals surface area contributed by atoms with Crippen molar-refractivity contribution in [1.29, 1.82) is 0 Å². The minimum Gasteiger partial charge on any atom is -0.481 e. The van der Waals surface area contributed by atoms with Gasteiger partial charge in [-0.25, -0.2) is 0 Å². The van der Waals surface area contributed by atoms with E-state index in [1.807, 2.05) is 6.92 Å². The second-order valence-electron chi connectivity index (χ2n) is 4.01.